The van der Waals surface area contributed by atoms with Crippen molar-refractivity contribution in [3.8, 4) is 5.75 Å². The Morgan fingerprint density at radius 3 is 2.71 bits per heavy atom. The normalized spacial score (nSPS) is 11.0. The van der Waals surface area contributed by atoms with E-state index in [1.807, 2.05) is 13.8 Å². The first-order valence-corrected chi connectivity index (χ1v) is 7.81. The van der Waals surface area contributed by atoms with Gasteiger partial charge in [-0.1, -0.05) is 0 Å². The van der Waals surface area contributed by atoms with Gasteiger partial charge in [-0.25, -0.2) is 4.39 Å². The lowest BCUT2D eigenvalue weighted by Crippen LogP contribution is -2.17. The number of anilines is 1. The highest BCUT2D eigenvalue weighted by molar-refractivity contribution is 9.10. The summed E-state index contributed by atoms with van der Waals surface area (Å²) in [5.74, 6) is -1.59. The lowest BCUT2D eigenvalue weighted by atomic mass is 10.2. The highest BCUT2D eigenvalue weighted by Gasteiger charge is 2.14. The zero-order valence-electron chi connectivity index (χ0n) is 12.9. The van der Waals surface area contributed by atoms with Gasteiger partial charge in [-0.2, -0.15) is 13.9 Å². The van der Waals surface area contributed by atoms with Crippen molar-refractivity contribution in [1.29, 1.82) is 0 Å². The highest BCUT2D eigenvalue weighted by atomic mass is 79.9. The monoisotopic (exact) mass is 405 g/mol. The van der Waals surface area contributed by atoms with Crippen LogP contribution < -0.4 is 10.1 Å². The second-order valence-corrected chi connectivity index (χ2v) is 5.82. The van der Waals surface area contributed by atoms with Gasteiger partial charge in [0.2, 0.25) is 5.91 Å². The Morgan fingerprint density at radius 2 is 2.12 bits per heavy atom. The van der Waals surface area contributed by atoms with E-state index in [1.165, 1.54) is 6.07 Å². The number of carbonyl (C=O) groups excluding carboxylic acids is 1. The topological polar surface area (TPSA) is 56.2 Å². The zero-order chi connectivity index (χ0) is 17.9. The number of nitrogens with zero attached hydrogens (tertiary/aromatic N) is 2. The van der Waals surface area contributed by atoms with Crippen molar-refractivity contribution >= 4 is 27.5 Å². The van der Waals surface area contributed by atoms with Gasteiger partial charge in [0.25, 0.3) is 0 Å². The van der Waals surface area contributed by atoms with Crippen LogP contribution >= 0.6 is 15.9 Å². The van der Waals surface area contributed by atoms with Crippen molar-refractivity contribution < 1.29 is 22.7 Å². The second-order valence-electron chi connectivity index (χ2n) is 5.03. The first-order valence-electron chi connectivity index (χ1n) is 7.01. The van der Waals surface area contributed by atoms with Crippen LogP contribution in [0.2, 0.25) is 0 Å². The van der Waals surface area contributed by atoms with Crippen molar-refractivity contribution in [2.24, 2.45) is 0 Å². The number of halogens is 4. The molecule has 0 aliphatic heterocycles. The molecule has 0 fully saturated rings. The van der Waals surface area contributed by atoms with E-state index in [2.05, 4.69) is 31.1 Å². The smallest absolute Gasteiger partial charge is 0.387 e. The third kappa shape index (κ3) is 4.50. The molecule has 5 nitrogen and oxygen atoms in total. The molecule has 1 amide bonds. The van der Waals surface area contributed by atoms with Gasteiger partial charge in [0.15, 0.2) is 5.75 Å². The van der Waals surface area contributed by atoms with Crippen LogP contribution in [0.3, 0.4) is 0 Å². The third-order valence-electron chi connectivity index (χ3n) is 3.28. The van der Waals surface area contributed by atoms with E-state index in [1.54, 1.807) is 4.68 Å². The molecule has 0 aliphatic carbocycles. The van der Waals surface area contributed by atoms with E-state index >= 15 is 0 Å². The standard InChI is InChI=1S/C15H15BrF3N3O2/c1-8-14(16)9(2)22(21-8)6-5-13(23)20-11-4-3-10(17)7-12(11)24-15(18)19/h3-4,7,15H,5-6H2,1-2H3,(H,20,23). The van der Waals surface area contributed by atoms with E-state index in [-0.39, 0.29) is 12.1 Å². The first kappa shape index (κ1) is 18.3. The number of benzene rings is 1. The molecule has 130 valence electrons. The van der Waals surface area contributed by atoms with Gasteiger partial charge >= 0.3 is 6.61 Å². The number of carbonyl (C=O) groups is 1. The number of rotatable bonds is 6. The Labute approximate surface area is 144 Å². The van der Waals surface area contributed by atoms with Gasteiger partial charge in [-0.3, -0.25) is 9.48 Å². The molecule has 0 radical (unpaired) electrons. The van der Waals surface area contributed by atoms with Gasteiger partial charge in [-0.15, -0.1) is 0 Å². The Bertz CT molecular complexity index is 750. The summed E-state index contributed by atoms with van der Waals surface area (Å²) < 4.78 is 44.6. The van der Waals surface area contributed by atoms with Crippen molar-refractivity contribution in [2.45, 2.75) is 33.4 Å². The van der Waals surface area contributed by atoms with Gasteiger partial charge in [0, 0.05) is 18.2 Å². The van der Waals surface area contributed by atoms with Crippen LogP contribution in [-0.4, -0.2) is 22.3 Å². The van der Waals surface area contributed by atoms with Gasteiger partial charge in [0.1, 0.15) is 5.82 Å². The van der Waals surface area contributed by atoms with Gasteiger partial charge in [-0.05, 0) is 41.9 Å². The molecular formula is C15H15BrF3N3O2. The number of hydrogen-bond donors (Lipinski definition) is 1. The lowest BCUT2D eigenvalue weighted by molar-refractivity contribution is -0.116. The molecule has 24 heavy (non-hydrogen) atoms. The van der Waals surface area contributed by atoms with E-state index in [0.717, 1.165) is 28.0 Å². The second kappa shape index (κ2) is 7.69. The molecule has 1 heterocycles. The maximum atomic E-state index is 13.1. The average Bonchev–Trinajstić information content (AvgIpc) is 2.74. The minimum absolute atomic E-state index is 0.0174. The van der Waals surface area contributed by atoms with Crippen LogP contribution in [-0.2, 0) is 11.3 Å². The predicted octanol–water partition coefficient (Wildman–Crippen LogP) is 4.03. The summed E-state index contributed by atoms with van der Waals surface area (Å²) >= 11 is 3.39. The molecule has 1 aromatic carbocycles. The van der Waals surface area contributed by atoms with Crippen molar-refractivity contribution in [2.75, 3.05) is 5.32 Å². The number of alkyl halides is 2. The number of ether oxygens (including phenoxy) is 1. The fourth-order valence-electron chi connectivity index (χ4n) is 2.11. The number of aromatic nitrogens is 2. The molecule has 0 aliphatic rings. The lowest BCUT2D eigenvalue weighted by Gasteiger charge is -2.12. The molecule has 0 unspecified atom stereocenters. The molecule has 2 rings (SSSR count). The molecule has 0 atom stereocenters. The number of hydrogen-bond acceptors (Lipinski definition) is 3. The number of aryl methyl sites for hydroxylation is 2. The van der Waals surface area contributed by atoms with E-state index in [0.29, 0.717) is 6.54 Å². The minimum Gasteiger partial charge on any atom is -0.432 e. The molecule has 0 saturated carbocycles. The Hall–Kier alpha value is -2.03. The van der Waals surface area contributed by atoms with Gasteiger partial charge in [0.05, 0.1) is 22.4 Å². The fourth-order valence-corrected chi connectivity index (χ4v) is 2.39. The molecule has 0 spiro atoms. The SMILES string of the molecule is Cc1nn(CCC(=O)Nc2ccc(F)cc2OC(F)F)c(C)c1Br. The third-order valence-corrected chi connectivity index (χ3v) is 4.43. The van der Waals surface area contributed by atoms with Crippen LogP contribution in [0.5, 0.6) is 5.75 Å². The molecule has 9 heteroatoms. The average molecular weight is 406 g/mol. The molecule has 1 aromatic heterocycles. The van der Waals surface area contributed by atoms with E-state index < -0.39 is 24.1 Å². The first-order chi connectivity index (χ1) is 11.3. The molecule has 0 bridgehead atoms. The Morgan fingerprint density at radius 1 is 1.42 bits per heavy atom. The van der Waals surface area contributed by atoms with Crippen molar-refractivity contribution in [3.05, 3.63) is 39.9 Å². The van der Waals surface area contributed by atoms with Gasteiger partial charge < -0.3 is 10.1 Å². The summed E-state index contributed by atoms with van der Waals surface area (Å²) in [5, 5.41) is 6.71. The summed E-state index contributed by atoms with van der Waals surface area (Å²) in [6.45, 7) is 0.891. The maximum absolute atomic E-state index is 13.1. The van der Waals surface area contributed by atoms with Crippen LogP contribution in [0.4, 0.5) is 18.9 Å². The summed E-state index contributed by atoms with van der Waals surface area (Å²) in [7, 11) is 0. The highest BCUT2D eigenvalue weighted by Crippen LogP contribution is 2.27. The van der Waals surface area contributed by atoms with E-state index in [4.69, 9.17) is 0 Å². The van der Waals surface area contributed by atoms with Crippen LogP contribution in [0.15, 0.2) is 22.7 Å². The minimum atomic E-state index is -3.12. The summed E-state index contributed by atoms with van der Waals surface area (Å²) in [6, 6.07) is 3.01. The van der Waals surface area contributed by atoms with Crippen LogP contribution in [0.1, 0.15) is 17.8 Å². The molecule has 2 aromatic rings. The summed E-state index contributed by atoms with van der Waals surface area (Å²) in [6.07, 6.45) is 0.0693. The van der Waals surface area contributed by atoms with Crippen molar-refractivity contribution in [3.63, 3.8) is 0 Å². The summed E-state index contributed by atoms with van der Waals surface area (Å²) in [4.78, 5) is 12.0. The predicted molar refractivity (Wildman–Crippen MR) is 85.7 cm³/mol. The Kier molecular flexibility index (Phi) is 5.87. The number of amides is 1. The molecular weight excluding hydrogens is 391 g/mol. The zero-order valence-corrected chi connectivity index (χ0v) is 14.5. The summed E-state index contributed by atoms with van der Waals surface area (Å²) in [5.41, 5.74) is 1.67. The molecule has 1 N–H and O–H groups in total. The van der Waals surface area contributed by atoms with Crippen molar-refractivity contribution in [1.82, 2.24) is 9.78 Å². The van der Waals surface area contributed by atoms with E-state index in [9.17, 15) is 18.0 Å². The van der Waals surface area contributed by atoms with Crippen LogP contribution in [0, 0.1) is 19.7 Å². The largest absolute Gasteiger partial charge is 0.432 e. The molecule has 0 saturated heterocycles. The maximum Gasteiger partial charge on any atom is 0.387 e. The quantitative estimate of drug-likeness (QED) is 0.788. The number of nitrogens with one attached hydrogen (secondary N) is 1. The fraction of sp³-hybridized carbons (Fsp3) is 0.333. The Balaban J connectivity index is 2.03. The van der Waals surface area contributed by atoms with Crippen LogP contribution in [0.25, 0.3) is 0 Å².